The van der Waals surface area contributed by atoms with Crippen LogP contribution < -0.4 is 0 Å². The van der Waals surface area contributed by atoms with Crippen molar-refractivity contribution in [1.29, 1.82) is 0 Å². The van der Waals surface area contributed by atoms with E-state index in [9.17, 15) is 18.0 Å². The van der Waals surface area contributed by atoms with Crippen molar-refractivity contribution < 1.29 is 18.0 Å². The van der Waals surface area contributed by atoms with Gasteiger partial charge >= 0.3 is 0 Å². The molecule has 0 aromatic carbocycles. The van der Waals surface area contributed by atoms with Crippen molar-refractivity contribution in [3.05, 3.63) is 27.7 Å². The molecule has 0 unspecified atom stereocenters. The Morgan fingerprint density at radius 3 is 2.62 bits per heavy atom. The van der Waals surface area contributed by atoms with E-state index in [4.69, 9.17) is 0 Å². The number of rotatable bonds is 2. The number of halogens is 4. The Labute approximate surface area is 79.9 Å². The summed E-state index contributed by atoms with van der Waals surface area (Å²) in [6.07, 6.45) is -2.75. The summed E-state index contributed by atoms with van der Waals surface area (Å²) < 4.78 is 36.9. The summed E-state index contributed by atoms with van der Waals surface area (Å²) in [4.78, 5) is 13.3. The van der Waals surface area contributed by atoms with Crippen molar-refractivity contribution in [2.24, 2.45) is 0 Å². The Morgan fingerprint density at radius 2 is 2.15 bits per heavy atom. The van der Waals surface area contributed by atoms with E-state index in [2.05, 4.69) is 20.9 Å². The normalized spacial score (nSPS) is 10.5. The lowest BCUT2D eigenvalue weighted by Gasteiger charge is -2.03. The van der Waals surface area contributed by atoms with Gasteiger partial charge in [0.25, 0.3) is 6.43 Å². The van der Waals surface area contributed by atoms with E-state index in [0.717, 1.165) is 6.07 Å². The van der Waals surface area contributed by atoms with Crippen molar-refractivity contribution in [3.8, 4) is 0 Å². The van der Waals surface area contributed by atoms with E-state index in [-0.39, 0.29) is 10.8 Å². The highest BCUT2D eigenvalue weighted by Gasteiger charge is 2.16. The molecule has 13 heavy (non-hydrogen) atoms. The highest BCUT2D eigenvalue weighted by molar-refractivity contribution is 9.10. The second-order valence-electron chi connectivity index (χ2n) is 2.14. The highest BCUT2D eigenvalue weighted by atomic mass is 79.9. The molecule has 0 atom stereocenters. The Balaban J connectivity index is 3.30. The molecule has 1 aromatic heterocycles. The van der Waals surface area contributed by atoms with Gasteiger partial charge in [-0.05, 0) is 22.0 Å². The lowest BCUT2D eigenvalue weighted by molar-refractivity contribution is 0.111. The fourth-order valence-electron chi connectivity index (χ4n) is 0.731. The van der Waals surface area contributed by atoms with Gasteiger partial charge in [0.1, 0.15) is 11.4 Å². The van der Waals surface area contributed by atoms with Gasteiger partial charge in [0, 0.05) is 4.47 Å². The SMILES string of the molecule is O=Cc1nc(C(F)F)c(Br)cc1F. The Hall–Kier alpha value is -0.910. The zero-order valence-corrected chi connectivity index (χ0v) is 7.69. The quantitative estimate of drug-likeness (QED) is 0.759. The van der Waals surface area contributed by atoms with Crippen LogP contribution in [0.15, 0.2) is 10.5 Å². The monoisotopic (exact) mass is 253 g/mol. The number of carbonyl (C=O) groups excluding carboxylic acids is 1. The number of alkyl halides is 2. The number of hydrogen-bond donors (Lipinski definition) is 0. The number of hydrogen-bond acceptors (Lipinski definition) is 2. The lowest BCUT2D eigenvalue weighted by Crippen LogP contribution is -2.00. The number of nitrogens with zero attached hydrogens (tertiary/aromatic N) is 1. The van der Waals surface area contributed by atoms with Gasteiger partial charge < -0.3 is 0 Å². The number of carbonyl (C=O) groups is 1. The first-order valence-corrected chi connectivity index (χ1v) is 3.95. The van der Waals surface area contributed by atoms with E-state index >= 15 is 0 Å². The second-order valence-corrected chi connectivity index (χ2v) is 3.00. The standard InChI is InChI=1S/C7H3BrF3NO/c8-3-1-4(9)5(2-13)12-6(3)7(10)11/h1-2,7H. The van der Waals surface area contributed by atoms with E-state index in [1.165, 1.54) is 0 Å². The molecule has 1 heterocycles. The largest absolute Gasteiger partial charge is 0.296 e. The molecule has 0 bridgehead atoms. The molecule has 1 rings (SSSR count). The highest BCUT2D eigenvalue weighted by Crippen LogP contribution is 2.26. The first-order chi connectivity index (χ1) is 6.06. The molecule has 0 amide bonds. The van der Waals surface area contributed by atoms with Crippen molar-refractivity contribution in [2.45, 2.75) is 6.43 Å². The van der Waals surface area contributed by atoms with Crippen molar-refractivity contribution in [2.75, 3.05) is 0 Å². The average molecular weight is 254 g/mol. The van der Waals surface area contributed by atoms with Crippen molar-refractivity contribution >= 4 is 22.2 Å². The van der Waals surface area contributed by atoms with Crippen LogP contribution in [0.4, 0.5) is 13.2 Å². The lowest BCUT2D eigenvalue weighted by atomic mass is 10.3. The predicted molar refractivity (Wildman–Crippen MR) is 42.2 cm³/mol. The third kappa shape index (κ3) is 2.06. The van der Waals surface area contributed by atoms with Crippen LogP contribution in [0.25, 0.3) is 0 Å². The number of pyridine rings is 1. The summed E-state index contributed by atoms with van der Waals surface area (Å²) >= 11 is 2.71. The Morgan fingerprint density at radius 1 is 1.54 bits per heavy atom. The fraction of sp³-hybridized carbons (Fsp3) is 0.143. The van der Waals surface area contributed by atoms with Gasteiger partial charge in [-0.3, -0.25) is 4.79 Å². The van der Waals surface area contributed by atoms with Gasteiger partial charge in [-0.1, -0.05) is 0 Å². The third-order valence-electron chi connectivity index (χ3n) is 1.30. The fourth-order valence-corrected chi connectivity index (χ4v) is 1.19. The molecular formula is C7H3BrF3NO. The van der Waals surface area contributed by atoms with Crippen LogP contribution in [0.2, 0.25) is 0 Å². The van der Waals surface area contributed by atoms with Crippen molar-refractivity contribution in [1.82, 2.24) is 4.98 Å². The molecule has 2 nitrogen and oxygen atoms in total. The third-order valence-corrected chi connectivity index (χ3v) is 1.94. The molecule has 0 fully saturated rings. The molecule has 0 aliphatic rings. The maximum atomic E-state index is 12.7. The molecule has 1 aromatic rings. The topological polar surface area (TPSA) is 30.0 Å². The summed E-state index contributed by atoms with van der Waals surface area (Å²) in [7, 11) is 0. The van der Waals surface area contributed by atoms with Gasteiger partial charge in [-0.25, -0.2) is 18.2 Å². The number of aldehydes is 1. The average Bonchev–Trinajstić information content (AvgIpc) is 2.03. The molecule has 0 radical (unpaired) electrons. The molecule has 0 aliphatic carbocycles. The summed E-state index contributed by atoms with van der Waals surface area (Å²) in [6.45, 7) is 0. The molecular weight excluding hydrogens is 251 g/mol. The van der Waals surface area contributed by atoms with Gasteiger partial charge in [-0.15, -0.1) is 0 Å². The zero-order chi connectivity index (χ0) is 10.0. The summed E-state index contributed by atoms with van der Waals surface area (Å²) in [6, 6.07) is 0.790. The summed E-state index contributed by atoms with van der Waals surface area (Å²) in [5.41, 5.74) is -1.25. The van der Waals surface area contributed by atoms with Crippen LogP contribution in [0.1, 0.15) is 22.6 Å². The molecule has 0 saturated heterocycles. The van der Waals surface area contributed by atoms with E-state index in [1.54, 1.807) is 0 Å². The smallest absolute Gasteiger partial charge is 0.281 e. The van der Waals surface area contributed by atoms with E-state index < -0.39 is 23.6 Å². The minimum Gasteiger partial charge on any atom is -0.296 e. The number of aromatic nitrogens is 1. The van der Waals surface area contributed by atoms with Gasteiger partial charge in [0.15, 0.2) is 12.1 Å². The predicted octanol–water partition coefficient (Wildman–Crippen LogP) is 2.73. The second kappa shape index (κ2) is 3.87. The van der Waals surface area contributed by atoms with Crippen LogP contribution in [-0.4, -0.2) is 11.3 Å². The Bertz CT molecular complexity index is 343. The summed E-state index contributed by atoms with van der Waals surface area (Å²) in [5, 5.41) is 0. The van der Waals surface area contributed by atoms with Crippen molar-refractivity contribution in [3.63, 3.8) is 0 Å². The Kier molecular flexibility index (Phi) is 3.02. The summed E-state index contributed by atoms with van der Waals surface area (Å²) in [5.74, 6) is -0.925. The molecule has 0 saturated carbocycles. The van der Waals surface area contributed by atoms with Gasteiger partial charge in [-0.2, -0.15) is 0 Å². The van der Waals surface area contributed by atoms with Gasteiger partial charge in [0.05, 0.1) is 0 Å². The molecule has 0 aliphatic heterocycles. The minimum absolute atomic E-state index is 0.0909. The molecule has 6 heteroatoms. The minimum atomic E-state index is -2.84. The van der Waals surface area contributed by atoms with Crippen LogP contribution in [0, 0.1) is 5.82 Å². The maximum Gasteiger partial charge on any atom is 0.281 e. The van der Waals surface area contributed by atoms with Crippen LogP contribution in [-0.2, 0) is 0 Å². The molecule has 0 spiro atoms. The van der Waals surface area contributed by atoms with Crippen LogP contribution >= 0.6 is 15.9 Å². The molecule has 0 N–H and O–H groups in total. The first-order valence-electron chi connectivity index (χ1n) is 3.15. The maximum absolute atomic E-state index is 12.7. The van der Waals surface area contributed by atoms with E-state index in [0.29, 0.717) is 0 Å². The van der Waals surface area contributed by atoms with Crippen LogP contribution in [0.3, 0.4) is 0 Å². The zero-order valence-electron chi connectivity index (χ0n) is 6.10. The van der Waals surface area contributed by atoms with E-state index in [1.807, 2.05) is 0 Å². The van der Waals surface area contributed by atoms with Gasteiger partial charge in [0.2, 0.25) is 0 Å². The molecule has 70 valence electrons. The van der Waals surface area contributed by atoms with Crippen LogP contribution in [0.5, 0.6) is 0 Å². The first kappa shape index (κ1) is 10.2.